The van der Waals surface area contributed by atoms with Gasteiger partial charge in [0, 0.05) is 18.7 Å². The Morgan fingerprint density at radius 2 is 1.84 bits per heavy atom. The Morgan fingerprint density at radius 1 is 1.23 bits per heavy atom. The van der Waals surface area contributed by atoms with Gasteiger partial charge in [0.1, 0.15) is 6.04 Å². The third-order valence-electron chi connectivity index (χ3n) is 4.66. The fourth-order valence-electron chi connectivity index (χ4n) is 3.08. The van der Waals surface area contributed by atoms with E-state index in [4.69, 9.17) is 10.8 Å². The minimum absolute atomic E-state index is 0.0369. The van der Waals surface area contributed by atoms with Crippen LogP contribution in [0.25, 0.3) is 0 Å². The summed E-state index contributed by atoms with van der Waals surface area (Å²) in [5, 5.41) is 11.2. The van der Waals surface area contributed by atoms with Gasteiger partial charge in [0.25, 0.3) is 11.8 Å². The zero-order valence-electron chi connectivity index (χ0n) is 18.3. The SMILES string of the molecule is CC(N)N1C(=O)C(C=CC(C)(C)C)N(Cc2ccc(C(=O)NCCC(=O)O)cc2)C1=O. The van der Waals surface area contributed by atoms with Gasteiger partial charge in [0.2, 0.25) is 0 Å². The molecule has 168 valence electrons. The van der Waals surface area contributed by atoms with Crippen molar-refractivity contribution in [3.8, 4) is 0 Å². The summed E-state index contributed by atoms with van der Waals surface area (Å²) < 4.78 is 0. The van der Waals surface area contributed by atoms with Crippen molar-refractivity contribution >= 4 is 23.8 Å². The molecule has 0 aliphatic carbocycles. The molecule has 0 spiro atoms. The normalized spacial score (nSPS) is 18.0. The van der Waals surface area contributed by atoms with Gasteiger partial charge in [-0.1, -0.05) is 45.1 Å². The Hall–Kier alpha value is -3.20. The number of allylic oxidation sites excluding steroid dienone is 1. The van der Waals surface area contributed by atoms with Crippen LogP contribution in [0.2, 0.25) is 0 Å². The molecule has 1 heterocycles. The lowest BCUT2D eigenvalue weighted by atomic mass is 9.95. The van der Waals surface area contributed by atoms with E-state index in [0.29, 0.717) is 5.56 Å². The Balaban J connectivity index is 2.17. The summed E-state index contributed by atoms with van der Waals surface area (Å²) in [6.07, 6.45) is 2.72. The number of carbonyl (C=O) groups is 4. The average molecular weight is 431 g/mol. The Labute approximate surface area is 181 Å². The number of rotatable bonds is 8. The van der Waals surface area contributed by atoms with Gasteiger partial charge < -0.3 is 21.1 Å². The first kappa shape index (κ1) is 24.1. The number of carboxylic acid groups (broad SMARTS) is 1. The van der Waals surface area contributed by atoms with Gasteiger partial charge in [-0.25, -0.2) is 9.69 Å². The van der Waals surface area contributed by atoms with E-state index in [1.54, 1.807) is 37.3 Å². The van der Waals surface area contributed by atoms with Crippen LogP contribution in [0.3, 0.4) is 0 Å². The zero-order chi connectivity index (χ0) is 23.3. The number of carbonyl (C=O) groups excluding carboxylic acids is 3. The summed E-state index contributed by atoms with van der Waals surface area (Å²) in [7, 11) is 0. The maximum absolute atomic E-state index is 12.9. The molecule has 0 saturated carbocycles. The summed E-state index contributed by atoms with van der Waals surface area (Å²) in [6.45, 7) is 7.79. The highest BCUT2D eigenvalue weighted by molar-refractivity contribution is 6.05. The monoisotopic (exact) mass is 430 g/mol. The van der Waals surface area contributed by atoms with Crippen molar-refractivity contribution in [3.63, 3.8) is 0 Å². The molecule has 4 amide bonds. The number of hydrogen-bond acceptors (Lipinski definition) is 5. The van der Waals surface area contributed by atoms with Crippen molar-refractivity contribution in [1.82, 2.24) is 15.1 Å². The van der Waals surface area contributed by atoms with Crippen LogP contribution in [0.4, 0.5) is 4.79 Å². The third-order valence-corrected chi connectivity index (χ3v) is 4.66. The summed E-state index contributed by atoms with van der Waals surface area (Å²) in [4.78, 5) is 50.8. The number of imide groups is 1. The number of nitrogens with one attached hydrogen (secondary N) is 1. The first-order valence-electron chi connectivity index (χ1n) is 10.1. The van der Waals surface area contributed by atoms with Gasteiger partial charge in [-0.15, -0.1) is 0 Å². The standard InChI is InChI=1S/C22H30N4O5/c1-14(23)26-20(30)17(9-11-22(2,3)4)25(21(26)31)13-15-5-7-16(8-6-15)19(29)24-12-10-18(27)28/h5-9,11,14,17H,10,12-13,23H2,1-4H3,(H,24,29)(H,27,28). The van der Waals surface area contributed by atoms with Gasteiger partial charge in [-0.2, -0.15) is 0 Å². The molecule has 0 radical (unpaired) electrons. The van der Waals surface area contributed by atoms with E-state index in [-0.39, 0.29) is 36.7 Å². The van der Waals surface area contributed by atoms with Gasteiger partial charge in [-0.05, 0) is 30.0 Å². The van der Waals surface area contributed by atoms with Crippen LogP contribution >= 0.6 is 0 Å². The molecular weight excluding hydrogens is 400 g/mol. The van der Waals surface area contributed by atoms with Crippen LogP contribution in [0.15, 0.2) is 36.4 Å². The molecule has 1 aliphatic heterocycles. The fourth-order valence-corrected chi connectivity index (χ4v) is 3.08. The van der Waals surface area contributed by atoms with E-state index in [1.165, 1.54) is 4.90 Å². The van der Waals surface area contributed by atoms with Crippen molar-refractivity contribution in [2.45, 2.75) is 52.9 Å². The molecule has 2 atom stereocenters. The lowest BCUT2D eigenvalue weighted by Crippen LogP contribution is -2.44. The molecule has 1 aromatic carbocycles. The van der Waals surface area contributed by atoms with Crippen molar-refractivity contribution < 1.29 is 24.3 Å². The number of urea groups is 1. The molecule has 2 rings (SSSR count). The average Bonchev–Trinajstić information content (AvgIpc) is 2.89. The molecule has 31 heavy (non-hydrogen) atoms. The van der Waals surface area contributed by atoms with Crippen LogP contribution in [-0.2, 0) is 16.1 Å². The van der Waals surface area contributed by atoms with Crippen molar-refractivity contribution in [2.75, 3.05) is 6.54 Å². The number of nitrogens with zero attached hydrogens (tertiary/aromatic N) is 2. The van der Waals surface area contributed by atoms with E-state index >= 15 is 0 Å². The van der Waals surface area contributed by atoms with Crippen molar-refractivity contribution in [2.24, 2.45) is 11.1 Å². The minimum atomic E-state index is -0.989. The molecule has 1 aromatic rings. The molecular formula is C22H30N4O5. The van der Waals surface area contributed by atoms with Gasteiger partial charge >= 0.3 is 12.0 Å². The van der Waals surface area contributed by atoms with Gasteiger partial charge in [0.15, 0.2) is 0 Å². The van der Waals surface area contributed by atoms with Crippen LogP contribution < -0.4 is 11.1 Å². The Bertz CT molecular complexity index is 871. The minimum Gasteiger partial charge on any atom is -0.481 e. The smallest absolute Gasteiger partial charge is 0.329 e. The predicted octanol–water partition coefficient (Wildman–Crippen LogP) is 1.93. The van der Waals surface area contributed by atoms with Gasteiger partial charge in [0.05, 0.1) is 12.6 Å². The van der Waals surface area contributed by atoms with Crippen molar-refractivity contribution in [1.29, 1.82) is 0 Å². The largest absolute Gasteiger partial charge is 0.481 e. The van der Waals surface area contributed by atoms with Crippen LogP contribution in [-0.4, -0.2) is 57.5 Å². The molecule has 0 bridgehead atoms. The fraction of sp³-hybridized carbons (Fsp3) is 0.455. The Morgan fingerprint density at radius 3 is 2.35 bits per heavy atom. The number of nitrogens with two attached hydrogens (primary N) is 1. The number of carboxylic acids is 1. The lowest BCUT2D eigenvalue weighted by molar-refractivity contribution is -0.136. The van der Waals surface area contributed by atoms with E-state index in [9.17, 15) is 19.2 Å². The number of benzene rings is 1. The molecule has 9 heteroatoms. The van der Waals surface area contributed by atoms with E-state index < -0.39 is 24.2 Å². The van der Waals surface area contributed by atoms with Gasteiger partial charge in [-0.3, -0.25) is 14.4 Å². The number of amides is 4. The first-order chi connectivity index (χ1) is 14.4. The summed E-state index contributed by atoms with van der Waals surface area (Å²) >= 11 is 0. The highest BCUT2D eigenvalue weighted by Crippen LogP contribution is 2.25. The quantitative estimate of drug-likeness (QED) is 0.426. The van der Waals surface area contributed by atoms with Crippen LogP contribution in [0.1, 0.15) is 50.0 Å². The van der Waals surface area contributed by atoms with Crippen molar-refractivity contribution in [3.05, 3.63) is 47.5 Å². The summed E-state index contributed by atoms with van der Waals surface area (Å²) in [5.74, 6) is -1.74. The first-order valence-corrected chi connectivity index (χ1v) is 10.1. The molecule has 9 nitrogen and oxygen atoms in total. The predicted molar refractivity (Wildman–Crippen MR) is 115 cm³/mol. The second kappa shape index (κ2) is 9.74. The molecule has 0 aromatic heterocycles. The molecule has 1 aliphatic rings. The Kier molecular flexibility index (Phi) is 7.56. The number of hydrogen-bond donors (Lipinski definition) is 3. The number of aliphatic carboxylic acids is 1. The molecule has 1 saturated heterocycles. The molecule has 1 fully saturated rings. The lowest BCUT2D eigenvalue weighted by Gasteiger charge is -2.22. The van der Waals surface area contributed by atoms with E-state index in [0.717, 1.165) is 10.5 Å². The maximum atomic E-state index is 12.9. The highest BCUT2D eigenvalue weighted by Gasteiger charge is 2.45. The van der Waals surface area contributed by atoms with E-state index in [2.05, 4.69) is 5.32 Å². The van der Waals surface area contributed by atoms with E-state index in [1.807, 2.05) is 26.8 Å². The topological polar surface area (TPSA) is 133 Å². The highest BCUT2D eigenvalue weighted by atomic mass is 16.4. The molecule has 2 unspecified atom stereocenters. The molecule has 4 N–H and O–H groups in total. The second-order valence-corrected chi connectivity index (χ2v) is 8.63. The zero-order valence-corrected chi connectivity index (χ0v) is 18.3. The maximum Gasteiger partial charge on any atom is 0.329 e. The van der Waals surface area contributed by atoms with Crippen LogP contribution in [0, 0.1) is 5.41 Å². The summed E-state index contributed by atoms with van der Waals surface area (Å²) in [6, 6.07) is 5.37. The van der Waals surface area contributed by atoms with Crippen LogP contribution in [0.5, 0.6) is 0 Å². The second-order valence-electron chi connectivity index (χ2n) is 8.63. The third kappa shape index (κ3) is 6.39. The summed E-state index contributed by atoms with van der Waals surface area (Å²) in [5.41, 5.74) is 6.80.